The third-order valence-corrected chi connectivity index (χ3v) is 5.44. The van der Waals surface area contributed by atoms with Crippen LogP contribution in [0, 0.1) is 0 Å². The van der Waals surface area contributed by atoms with E-state index in [0.717, 1.165) is 5.56 Å². The summed E-state index contributed by atoms with van der Waals surface area (Å²) < 4.78 is 10.7. The molecule has 0 aromatic heterocycles. The van der Waals surface area contributed by atoms with Crippen molar-refractivity contribution in [2.75, 3.05) is 13.2 Å². The standard InChI is InChI=1S/C17H23N7O5/c18-13-22-12-10(8-29-15(20)25)21-14(19)24-6-11(17(26,27)16(12,24)23-13)28-7-9-4-2-1-3-5-9/h1-5,10-12,26-27H,6-8H2,(H2,19,21)(H2,20,25)(H3,18,22,23)/t10-,11+,12-,16-/m0/s1. The van der Waals surface area contributed by atoms with E-state index in [4.69, 9.17) is 26.7 Å². The quantitative estimate of drug-likeness (QED) is 0.283. The number of guanidine groups is 2. The van der Waals surface area contributed by atoms with Crippen LogP contribution in [0.4, 0.5) is 4.79 Å². The van der Waals surface area contributed by atoms with Gasteiger partial charge in [-0.15, -0.1) is 0 Å². The van der Waals surface area contributed by atoms with Gasteiger partial charge in [0.25, 0.3) is 0 Å². The number of nitrogens with zero attached hydrogens (tertiary/aromatic N) is 3. The van der Waals surface area contributed by atoms with Crippen LogP contribution in [-0.2, 0) is 16.1 Å². The molecule has 1 amide bonds. The summed E-state index contributed by atoms with van der Waals surface area (Å²) in [5.74, 6) is -2.46. The summed E-state index contributed by atoms with van der Waals surface area (Å²) in [6.07, 6.45) is -2.05. The van der Waals surface area contributed by atoms with Crippen molar-refractivity contribution >= 4 is 18.0 Å². The van der Waals surface area contributed by atoms with Gasteiger partial charge >= 0.3 is 6.09 Å². The molecule has 1 aromatic carbocycles. The minimum Gasteiger partial charge on any atom is -0.447 e. The van der Waals surface area contributed by atoms with E-state index in [-0.39, 0.29) is 31.7 Å². The number of hydrogen-bond donors (Lipinski definition) is 6. The highest BCUT2D eigenvalue weighted by Crippen LogP contribution is 2.45. The number of aliphatic imine (C=N–C) groups is 2. The molecule has 29 heavy (non-hydrogen) atoms. The van der Waals surface area contributed by atoms with Gasteiger partial charge in [0, 0.05) is 0 Å². The van der Waals surface area contributed by atoms with Crippen molar-refractivity contribution in [3.05, 3.63) is 35.9 Å². The van der Waals surface area contributed by atoms with Gasteiger partial charge in [0.2, 0.25) is 5.79 Å². The number of nitrogens with one attached hydrogen (secondary N) is 1. The Labute approximate surface area is 166 Å². The highest BCUT2D eigenvalue weighted by atomic mass is 16.6. The van der Waals surface area contributed by atoms with Crippen LogP contribution >= 0.6 is 0 Å². The average molecular weight is 405 g/mol. The molecule has 1 fully saturated rings. The summed E-state index contributed by atoms with van der Waals surface area (Å²) in [6.45, 7) is -0.0597. The first-order chi connectivity index (χ1) is 13.8. The van der Waals surface area contributed by atoms with E-state index in [1.165, 1.54) is 4.90 Å². The largest absolute Gasteiger partial charge is 0.447 e. The van der Waals surface area contributed by atoms with Crippen LogP contribution in [0.1, 0.15) is 5.56 Å². The molecule has 1 spiro atoms. The van der Waals surface area contributed by atoms with Crippen molar-refractivity contribution in [2.45, 2.75) is 36.2 Å². The Morgan fingerprint density at radius 2 is 2.00 bits per heavy atom. The van der Waals surface area contributed by atoms with Crippen LogP contribution < -0.4 is 22.5 Å². The Hall–Kier alpha value is -3.09. The molecule has 0 aliphatic carbocycles. The lowest BCUT2D eigenvalue weighted by atomic mass is 9.86. The molecule has 3 aliphatic rings. The van der Waals surface area contributed by atoms with E-state index < -0.39 is 35.7 Å². The Morgan fingerprint density at radius 3 is 2.69 bits per heavy atom. The van der Waals surface area contributed by atoms with Crippen molar-refractivity contribution in [1.29, 1.82) is 0 Å². The van der Waals surface area contributed by atoms with Crippen molar-refractivity contribution in [1.82, 2.24) is 10.2 Å². The Balaban J connectivity index is 1.63. The minimum atomic E-state index is -2.44. The van der Waals surface area contributed by atoms with E-state index in [1.807, 2.05) is 30.3 Å². The molecule has 3 heterocycles. The Bertz CT molecular complexity index is 861. The maximum atomic E-state index is 11.2. The summed E-state index contributed by atoms with van der Waals surface area (Å²) in [5, 5.41) is 25.2. The summed E-state index contributed by atoms with van der Waals surface area (Å²) in [6, 6.07) is 7.59. The van der Waals surface area contributed by atoms with E-state index in [2.05, 4.69) is 15.3 Å². The molecule has 12 nitrogen and oxygen atoms in total. The van der Waals surface area contributed by atoms with Crippen molar-refractivity contribution in [3.8, 4) is 0 Å². The van der Waals surface area contributed by atoms with Crippen molar-refractivity contribution in [3.63, 3.8) is 0 Å². The molecule has 12 heteroatoms. The predicted molar refractivity (Wildman–Crippen MR) is 101 cm³/mol. The van der Waals surface area contributed by atoms with Crippen LogP contribution in [0.2, 0.25) is 0 Å². The molecular weight excluding hydrogens is 382 g/mol. The van der Waals surface area contributed by atoms with E-state index in [0.29, 0.717) is 0 Å². The number of ether oxygens (including phenoxy) is 2. The highest BCUT2D eigenvalue weighted by molar-refractivity contribution is 5.87. The third-order valence-electron chi connectivity index (χ3n) is 5.44. The minimum absolute atomic E-state index is 0.00927. The molecule has 156 valence electrons. The van der Waals surface area contributed by atoms with Crippen LogP contribution in [-0.4, -0.2) is 75.9 Å². The third kappa shape index (κ3) is 2.92. The van der Waals surface area contributed by atoms with Crippen LogP contribution in [0.25, 0.3) is 0 Å². The Kier molecular flexibility index (Phi) is 4.48. The van der Waals surface area contributed by atoms with Gasteiger partial charge in [-0.05, 0) is 5.56 Å². The molecule has 3 aliphatic heterocycles. The fourth-order valence-corrected chi connectivity index (χ4v) is 4.15. The summed E-state index contributed by atoms with van der Waals surface area (Å²) in [4.78, 5) is 21.0. The average Bonchev–Trinajstić information content (AvgIpc) is 3.14. The number of rotatable bonds is 5. The molecule has 9 N–H and O–H groups in total. The smallest absolute Gasteiger partial charge is 0.404 e. The summed E-state index contributed by atoms with van der Waals surface area (Å²) >= 11 is 0. The molecular formula is C17H23N7O5. The SMILES string of the molecule is NC(=O)OC[C@@H]1N=C(N)N2C[C@@H](OCc3ccccc3)C(O)(O)[C@@]23NC(N)=N[C@@H]13. The second-order valence-corrected chi connectivity index (χ2v) is 7.16. The second kappa shape index (κ2) is 6.76. The molecule has 0 unspecified atom stereocenters. The normalized spacial score (nSPS) is 31.9. The van der Waals surface area contributed by atoms with Gasteiger partial charge in [-0.25, -0.2) is 14.8 Å². The number of hydrogen-bond acceptors (Lipinski definition) is 11. The second-order valence-electron chi connectivity index (χ2n) is 7.16. The number of carbonyl (C=O) groups excluding carboxylic acids is 1. The van der Waals surface area contributed by atoms with Gasteiger partial charge in [0.15, 0.2) is 17.6 Å². The number of aliphatic hydroxyl groups is 2. The lowest BCUT2D eigenvalue weighted by Gasteiger charge is -2.48. The zero-order chi connectivity index (χ0) is 20.8. The monoisotopic (exact) mass is 405 g/mol. The first-order valence-electron chi connectivity index (χ1n) is 9.00. The summed E-state index contributed by atoms with van der Waals surface area (Å²) in [5.41, 5.74) is 16.2. The maximum absolute atomic E-state index is 11.2. The van der Waals surface area contributed by atoms with Crippen LogP contribution in [0.15, 0.2) is 40.3 Å². The molecule has 1 aromatic rings. The lowest BCUT2D eigenvalue weighted by Crippen LogP contribution is -2.77. The maximum Gasteiger partial charge on any atom is 0.404 e. The molecule has 0 saturated carbocycles. The number of nitrogens with two attached hydrogens (primary N) is 3. The number of benzene rings is 1. The predicted octanol–water partition coefficient (Wildman–Crippen LogP) is -2.66. The number of amides is 1. The molecule has 4 rings (SSSR count). The molecule has 0 bridgehead atoms. The topological polar surface area (TPSA) is 194 Å². The van der Waals surface area contributed by atoms with E-state index >= 15 is 0 Å². The van der Waals surface area contributed by atoms with Crippen LogP contribution in [0.3, 0.4) is 0 Å². The number of carbonyl (C=O) groups is 1. The van der Waals surface area contributed by atoms with Gasteiger partial charge in [-0.1, -0.05) is 30.3 Å². The van der Waals surface area contributed by atoms with E-state index in [1.54, 1.807) is 0 Å². The fraction of sp³-hybridized carbons (Fsp3) is 0.471. The van der Waals surface area contributed by atoms with Gasteiger partial charge in [-0.3, -0.25) is 0 Å². The highest BCUT2D eigenvalue weighted by Gasteiger charge is 2.73. The van der Waals surface area contributed by atoms with Crippen LogP contribution in [0.5, 0.6) is 0 Å². The molecule has 0 radical (unpaired) electrons. The zero-order valence-corrected chi connectivity index (χ0v) is 15.4. The fourth-order valence-electron chi connectivity index (χ4n) is 4.15. The number of primary amides is 1. The van der Waals surface area contributed by atoms with E-state index in [9.17, 15) is 15.0 Å². The van der Waals surface area contributed by atoms with Crippen molar-refractivity contribution in [2.24, 2.45) is 27.2 Å². The van der Waals surface area contributed by atoms with Gasteiger partial charge in [-0.2, -0.15) is 0 Å². The molecule has 4 atom stereocenters. The first-order valence-corrected chi connectivity index (χ1v) is 9.00. The Morgan fingerprint density at radius 1 is 1.28 bits per heavy atom. The van der Waals surface area contributed by atoms with Gasteiger partial charge in [0.05, 0.1) is 13.2 Å². The van der Waals surface area contributed by atoms with Gasteiger partial charge in [0.1, 0.15) is 24.8 Å². The molecule has 1 saturated heterocycles. The zero-order valence-electron chi connectivity index (χ0n) is 15.4. The first kappa shape index (κ1) is 19.2. The van der Waals surface area contributed by atoms with Gasteiger partial charge < -0.3 is 47.1 Å². The van der Waals surface area contributed by atoms with Crippen molar-refractivity contribution < 1.29 is 24.5 Å². The summed E-state index contributed by atoms with van der Waals surface area (Å²) in [7, 11) is 0. The lowest BCUT2D eigenvalue weighted by molar-refractivity contribution is -0.267.